The molecule has 12 heteroatoms. The number of ether oxygens (including phenoxy) is 1. The summed E-state index contributed by atoms with van der Waals surface area (Å²) in [5.74, 6) is -2.54. The lowest BCUT2D eigenvalue weighted by atomic mass is 10.1. The van der Waals surface area contributed by atoms with Crippen LogP contribution in [-0.2, 0) is 10.0 Å². The fourth-order valence-corrected chi connectivity index (χ4v) is 3.71. The Morgan fingerprint density at radius 3 is 2.56 bits per heavy atom. The van der Waals surface area contributed by atoms with Crippen molar-refractivity contribution >= 4 is 32.5 Å². The third kappa shape index (κ3) is 5.12. The number of para-hydroxylation sites is 1. The van der Waals surface area contributed by atoms with Gasteiger partial charge in [0.15, 0.2) is 23.1 Å². The quantitative estimate of drug-likeness (QED) is 0.400. The van der Waals surface area contributed by atoms with Crippen molar-refractivity contribution in [2.45, 2.75) is 13.0 Å². The zero-order valence-electron chi connectivity index (χ0n) is 17.9. The van der Waals surface area contributed by atoms with E-state index in [1.54, 1.807) is 29.1 Å². The molecule has 0 saturated carbocycles. The minimum absolute atomic E-state index is 0.0733. The Morgan fingerprint density at radius 1 is 1.15 bits per heavy atom. The van der Waals surface area contributed by atoms with Gasteiger partial charge in [-0.15, -0.1) is 0 Å². The smallest absolute Gasteiger partial charge is 0.399 e. The second kappa shape index (κ2) is 9.06. The van der Waals surface area contributed by atoms with Crippen molar-refractivity contribution in [3.63, 3.8) is 0 Å². The van der Waals surface area contributed by atoms with Gasteiger partial charge in [0.05, 0.1) is 12.3 Å². The molecule has 0 bridgehead atoms. The fourth-order valence-electron chi connectivity index (χ4n) is 3.14. The fraction of sp³-hybridized carbons (Fsp3) is 0.136. The Morgan fingerprint density at radius 2 is 1.85 bits per heavy atom. The highest BCUT2D eigenvalue weighted by Gasteiger charge is 2.21. The molecule has 4 aromatic rings. The second-order valence-corrected chi connectivity index (χ2v) is 9.11. The van der Waals surface area contributed by atoms with Crippen molar-refractivity contribution in [3.05, 3.63) is 77.8 Å². The molecule has 1 amide bonds. The van der Waals surface area contributed by atoms with E-state index in [1.165, 1.54) is 6.92 Å². The lowest BCUT2D eigenvalue weighted by Crippen LogP contribution is -2.27. The number of aromatic nitrogens is 2. The summed E-state index contributed by atoms with van der Waals surface area (Å²) in [7, 11) is -3.88. The van der Waals surface area contributed by atoms with Crippen molar-refractivity contribution in [1.29, 1.82) is 0 Å². The van der Waals surface area contributed by atoms with Crippen LogP contribution >= 0.6 is 0 Å². The second-order valence-electron chi connectivity index (χ2n) is 7.36. The molecule has 4 rings (SSSR count). The van der Waals surface area contributed by atoms with E-state index in [9.17, 15) is 22.0 Å². The number of sulfonamides is 1. The monoisotopic (exact) mass is 488 g/mol. The highest BCUT2D eigenvalue weighted by molar-refractivity contribution is 7.92. The van der Waals surface area contributed by atoms with Crippen LogP contribution in [0.2, 0.25) is 0 Å². The molecule has 176 valence electrons. The van der Waals surface area contributed by atoms with E-state index in [1.807, 2.05) is 12.1 Å². The van der Waals surface area contributed by atoms with Crippen LogP contribution in [0.5, 0.6) is 11.8 Å². The molecule has 0 fully saturated rings. The van der Waals surface area contributed by atoms with E-state index in [4.69, 9.17) is 9.15 Å². The Bertz CT molecular complexity index is 1460. The average molecular weight is 488 g/mol. The summed E-state index contributed by atoms with van der Waals surface area (Å²) in [5, 5.41) is 3.38. The molecule has 2 aromatic heterocycles. The molecule has 0 saturated heterocycles. The van der Waals surface area contributed by atoms with Crippen molar-refractivity contribution in [1.82, 2.24) is 15.3 Å². The molecule has 34 heavy (non-hydrogen) atoms. The first kappa shape index (κ1) is 23.1. The number of amides is 1. The summed E-state index contributed by atoms with van der Waals surface area (Å²) >= 11 is 0. The third-order valence-corrected chi connectivity index (χ3v) is 5.28. The van der Waals surface area contributed by atoms with E-state index in [0.29, 0.717) is 11.3 Å². The Labute approximate surface area is 192 Å². The maximum atomic E-state index is 14.3. The number of fused-ring (bicyclic) bond motifs is 1. The van der Waals surface area contributed by atoms with Gasteiger partial charge < -0.3 is 14.5 Å². The van der Waals surface area contributed by atoms with Crippen LogP contribution in [0.4, 0.5) is 14.5 Å². The molecule has 2 aromatic carbocycles. The molecule has 2 N–H and O–H groups in total. The predicted octanol–water partition coefficient (Wildman–Crippen LogP) is 4.16. The van der Waals surface area contributed by atoms with Crippen LogP contribution in [0.25, 0.3) is 10.9 Å². The third-order valence-electron chi connectivity index (χ3n) is 4.71. The van der Waals surface area contributed by atoms with E-state index in [-0.39, 0.29) is 17.3 Å². The SMILES string of the molecule is C[C@@H](NC(=O)c1coc(Oc2cccc3cccnc23)n1)c1cc(F)c(NS(C)(=O)=O)c(F)c1. The van der Waals surface area contributed by atoms with Crippen molar-refractivity contribution in [3.8, 4) is 11.8 Å². The Balaban J connectivity index is 1.47. The average Bonchev–Trinajstić information content (AvgIpc) is 3.24. The molecule has 0 aliphatic heterocycles. The first-order valence-corrected chi connectivity index (χ1v) is 11.7. The minimum atomic E-state index is -3.88. The highest BCUT2D eigenvalue weighted by atomic mass is 32.2. The van der Waals surface area contributed by atoms with Crippen molar-refractivity contribution in [2.75, 3.05) is 11.0 Å². The molecule has 0 aliphatic rings. The molecule has 2 heterocycles. The van der Waals surface area contributed by atoms with Crippen LogP contribution in [0.3, 0.4) is 0 Å². The number of oxazole rings is 1. The predicted molar refractivity (Wildman–Crippen MR) is 119 cm³/mol. The number of rotatable bonds is 7. The zero-order chi connectivity index (χ0) is 24.5. The van der Waals surface area contributed by atoms with Gasteiger partial charge in [-0.1, -0.05) is 18.2 Å². The molecule has 0 unspecified atom stereocenters. The maximum absolute atomic E-state index is 14.3. The number of anilines is 1. The zero-order valence-corrected chi connectivity index (χ0v) is 18.7. The summed E-state index contributed by atoms with van der Waals surface area (Å²) in [5.41, 5.74) is -0.262. The molecular formula is C22H18F2N4O5S. The van der Waals surface area contributed by atoms with Crippen LogP contribution in [0.1, 0.15) is 29.0 Å². The van der Waals surface area contributed by atoms with E-state index >= 15 is 0 Å². The summed E-state index contributed by atoms with van der Waals surface area (Å²) in [4.78, 5) is 20.8. The van der Waals surface area contributed by atoms with Gasteiger partial charge in [0.2, 0.25) is 10.0 Å². The summed E-state index contributed by atoms with van der Waals surface area (Å²) in [6, 6.07) is 9.96. The van der Waals surface area contributed by atoms with Gasteiger partial charge in [-0.3, -0.25) is 14.5 Å². The van der Waals surface area contributed by atoms with Gasteiger partial charge in [0.25, 0.3) is 5.91 Å². The van der Waals surface area contributed by atoms with Gasteiger partial charge in [-0.25, -0.2) is 17.2 Å². The highest BCUT2D eigenvalue weighted by Crippen LogP contribution is 2.28. The molecule has 9 nitrogen and oxygen atoms in total. The maximum Gasteiger partial charge on any atom is 0.399 e. The van der Waals surface area contributed by atoms with Gasteiger partial charge in [0, 0.05) is 11.6 Å². The van der Waals surface area contributed by atoms with Crippen molar-refractivity contribution in [2.24, 2.45) is 0 Å². The lowest BCUT2D eigenvalue weighted by molar-refractivity contribution is 0.0934. The largest absolute Gasteiger partial charge is 0.416 e. The topological polar surface area (TPSA) is 123 Å². The number of halogens is 2. The number of nitrogens with zero attached hydrogens (tertiary/aromatic N) is 2. The summed E-state index contributed by atoms with van der Waals surface area (Å²) < 4.78 is 63.7. The van der Waals surface area contributed by atoms with Crippen LogP contribution in [-0.4, -0.2) is 30.5 Å². The van der Waals surface area contributed by atoms with E-state index < -0.39 is 39.3 Å². The first-order valence-electron chi connectivity index (χ1n) is 9.85. The van der Waals surface area contributed by atoms with Gasteiger partial charge in [-0.2, -0.15) is 4.98 Å². The standard InChI is InChI=1S/C22H18F2N4O5S/c1-12(14-9-15(23)20(16(24)10-14)28-34(2,30)31)26-21(29)17-11-32-22(27-17)33-18-7-3-5-13-6-4-8-25-19(13)18/h3-12,28H,1-2H3,(H,26,29)/t12-/m1/s1. The Hall–Kier alpha value is -4.06. The molecular weight excluding hydrogens is 470 g/mol. The number of pyridine rings is 1. The van der Waals surface area contributed by atoms with Gasteiger partial charge >= 0.3 is 6.08 Å². The minimum Gasteiger partial charge on any atom is -0.416 e. The first-order chi connectivity index (χ1) is 16.1. The molecule has 0 radical (unpaired) electrons. The van der Waals surface area contributed by atoms with Gasteiger partial charge in [-0.05, 0) is 36.8 Å². The molecule has 1 atom stereocenters. The number of carbonyl (C=O) groups excluding carboxylic acids is 1. The van der Waals surface area contributed by atoms with E-state index in [2.05, 4.69) is 15.3 Å². The lowest BCUT2D eigenvalue weighted by Gasteiger charge is -2.15. The number of benzene rings is 2. The normalized spacial score (nSPS) is 12.4. The van der Waals surface area contributed by atoms with Crippen LogP contribution in [0.15, 0.2) is 59.3 Å². The van der Waals surface area contributed by atoms with E-state index in [0.717, 1.165) is 30.0 Å². The van der Waals surface area contributed by atoms with Gasteiger partial charge in [0.1, 0.15) is 17.5 Å². The molecule has 0 aliphatic carbocycles. The van der Waals surface area contributed by atoms with Crippen LogP contribution < -0.4 is 14.8 Å². The number of hydrogen-bond donors (Lipinski definition) is 2. The summed E-state index contributed by atoms with van der Waals surface area (Å²) in [6.45, 7) is 1.50. The van der Waals surface area contributed by atoms with Crippen LogP contribution in [0, 0.1) is 11.6 Å². The number of nitrogens with one attached hydrogen (secondary N) is 2. The number of hydrogen-bond acceptors (Lipinski definition) is 7. The Kier molecular flexibility index (Phi) is 6.16. The molecule has 0 spiro atoms. The summed E-state index contributed by atoms with van der Waals surface area (Å²) in [6.07, 6.45) is 3.27. The number of carbonyl (C=O) groups is 1. The van der Waals surface area contributed by atoms with Crippen molar-refractivity contribution < 1.29 is 31.1 Å².